The quantitative estimate of drug-likeness (QED) is 0.427. The molecule has 0 spiro atoms. The van der Waals surface area contributed by atoms with Crippen LogP contribution in [0.25, 0.3) is 0 Å². The minimum Gasteiger partial charge on any atom is -0.465 e. The highest BCUT2D eigenvalue weighted by Gasteiger charge is 2.34. The number of nitrogens with one attached hydrogen (secondary N) is 3. The first kappa shape index (κ1) is 21.7. The van der Waals surface area contributed by atoms with Crippen molar-refractivity contribution < 1.29 is 33.5 Å². The Morgan fingerprint density at radius 1 is 1.21 bits per heavy atom. The molecule has 9 nitrogen and oxygen atoms in total. The van der Waals surface area contributed by atoms with Crippen LogP contribution >= 0.6 is 11.3 Å². The number of carbonyl (C=O) groups excluding carboxylic acids is 3. The van der Waals surface area contributed by atoms with Crippen molar-refractivity contribution in [3.63, 3.8) is 0 Å². The van der Waals surface area contributed by atoms with Crippen LogP contribution in [0.5, 0.6) is 0 Å². The van der Waals surface area contributed by atoms with Gasteiger partial charge in [-0.05, 0) is 19.4 Å². The fourth-order valence-corrected chi connectivity index (χ4v) is 4.58. The van der Waals surface area contributed by atoms with Crippen molar-refractivity contribution in [3.05, 3.63) is 16.0 Å². The van der Waals surface area contributed by atoms with Gasteiger partial charge < -0.3 is 29.7 Å². The summed E-state index contributed by atoms with van der Waals surface area (Å²) in [6.45, 7) is 8.57. The number of ether oxygens (including phenoxy) is 3. The predicted octanol–water partition coefficient (Wildman–Crippen LogP) is -0.644. The predicted molar refractivity (Wildman–Crippen MR) is 106 cm³/mol. The SMILES string of the molecule is COC(=O)c1c(NC(=O)C(=O)NCC[NH+]2CCOCC2)sc2c1CC(C)(C)OC2. The van der Waals surface area contributed by atoms with Gasteiger partial charge in [-0.15, -0.1) is 11.3 Å². The first-order valence-electron chi connectivity index (χ1n) is 9.68. The Kier molecular flexibility index (Phi) is 6.89. The van der Waals surface area contributed by atoms with Crippen LogP contribution in [0.15, 0.2) is 0 Å². The van der Waals surface area contributed by atoms with Gasteiger partial charge in [-0.3, -0.25) is 9.59 Å². The second-order valence-electron chi connectivity index (χ2n) is 7.75. The normalized spacial score (nSPS) is 18.6. The summed E-state index contributed by atoms with van der Waals surface area (Å²) in [5, 5.41) is 5.54. The average molecular weight is 427 g/mol. The third-order valence-electron chi connectivity index (χ3n) is 5.07. The number of hydrogen-bond acceptors (Lipinski definition) is 7. The first-order chi connectivity index (χ1) is 13.8. The Labute approximate surface area is 173 Å². The molecular weight excluding hydrogens is 398 g/mol. The average Bonchev–Trinajstić information content (AvgIpc) is 3.03. The van der Waals surface area contributed by atoms with Crippen LogP contribution in [0, 0.1) is 0 Å². The van der Waals surface area contributed by atoms with E-state index >= 15 is 0 Å². The van der Waals surface area contributed by atoms with Gasteiger partial charge in [0, 0.05) is 11.3 Å². The largest absolute Gasteiger partial charge is 0.465 e. The van der Waals surface area contributed by atoms with Gasteiger partial charge in [0.15, 0.2) is 0 Å². The van der Waals surface area contributed by atoms with Gasteiger partial charge in [-0.1, -0.05) is 0 Å². The molecule has 3 heterocycles. The number of carbonyl (C=O) groups is 3. The van der Waals surface area contributed by atoms with E-state index in [1.807, 2.05) is 13.8 Å². The lowest BCUT2D eigenvalue weighted by Gasteiger charge is -2.30. The Morgan fingerprint density at radius 2 is 1.93 bits per heavy atom. The fourth-order valence-electron chi connectivity index (χ4n) is 3.46. The maximum Gasteiger partial charge on any atom is 0.341 e. The highest BCUT2D eigenvalue weighted by atomic mass is 32.1. The molecule has 0 atom stereocenters. The highest BCUT2D eigenvalue weighted by molar-refractivity contribution is 7.17. The van der Waals surface area contributed by atoms with Crippen molar-refractivity contribution >= 4 is 34.1 Å². The summed E-state index contributed by atoms with van der Waals surface area (Å²) in [5.74, 6) is -2.06. The molecule has 2 aliphatic heterocycles. The van der Waals surface area contributed by atoms with Gasteiger partial charge >= 0.3 is 17.8 Å². The van der Waals surface area contributed by atoms with Gasteiger partial charge in [-0.25, -0.2) is 4.79 Å². The lowest BCUT2D eigenvalue weighted by atomic mass is 9.93. The molecule has 0 radical (unpaired) electrons. The monoisotopic (exact) mass is 426 g/mol. The summed E-state index contributed by atoms with van der Waals surface area (Å²) in [6, 6.07) is 0. The molecule has 0 bridgehead atoms. The number of morpholine rings is 1. The van der Waals surface area contributed by atoms with Gasteiger partial charge in [0.1, 0.15) is 18.1 Å². The molecule has 3 N–H and O–H groups in total. The smallest absolute Gasteiger partial charge is 0.341 e. The fraction of sp³-hybridized carbons (Fsp3) is 0.632. The van der Waals surface area contributed by atoms with Gasteiger partial charge in [0.2, 0.25) is 0 Å². The van der Waals surface area contributed by atoms with E-state index in [2.05, 4.69) is 10.6 Å². The lowest BCUT2D eigenvalue weighted by molar-refractivity contribution is -0.906. The first-order valence-corrected chi connectivity index (χ1v) is 10.5. The molecule has 0 saturated carbocycles. The third kappa shape index (κ3) is 5.33. The van der Waals surface area contributed by atoms with E-state index in [0.717, 1.165) is 30.1 Å². The van der Waals surface area contributed by atoms with Crippen LogP contribution in [-0.2, 0) is 36.8 Å². The van der Waals surface area contributed by atoms with Crippen LogP contribution in [0.2, 0.25) is 0 Å². The van der Waals surface area contributed by atoms with Crippen molar-refractivity contribution in [2.24, 2.45) is 0 Å². The number of anilines is 1. The van der Waals surface area contributed by atoms with E-state index < -0.39 is 23.4 Å². The summed E-state index contributed by atoms with van der Waals surface area (Å²) >= 11 is 1.24. The van der Waals surface area contributed by atoms with Crippen LogP contribution in [0.1, 0.15) is 34.6 Å². The molecule has 1 fully saturated rings. The maximum atomic E-state index is 12.4. The van der Waals surface area contributed by atoms with Crippen molar-refractivity contribution in [3.8, 4) is 0 Å². The third-order valence-corrected chi connectivity index (χ3v) is 6.19. The molecule has 10 heteroatoms. The summed E-state index contributed by atoms with van der Waals surface area (Å²) in [6.07, 6.45) is 0.521. The molecule has 1 saturated heterocycles. The van der Waals surface area contributed by atoms with E-state index in [-0.39, 0.29) is 0 Å². The number of fused-ring (bicyclic) bond motifs is 1. The number of amides is 2. The van der Waals surface area contributed by atoms with E-state index in [0.29, 0.717) is 43.4 Å². The van der Waals surface area contributed by atoms with Crippen LogP contribution in [-0.4, -0.2) is 69.9 Å². The Balaban J connectivity index is 1.64. The Bertz CT molecular complexity index is 785. The standard InChI is InChI=1S/C19H27N3O6S/c1-19(2)10-12-13(11-28-19)29-17(14(12)18(25)26-3)21-16(24)15(23)20-4-5-22-6-8-27-9-7-22/h4-11H2,1-3H3,(H,20,23)(H,21,24)/p+1. The molecular formula is C19H28N3O6S+. The van der Waals surface area contributed by atoms with Crippen LogP contribution in [0.3, 0.4) is 0 Å². The van der Waals surface area contributed by atoms with Crippen LogP contribution in [0.4, 0.5) is 5.00 Å². The van der Waals surface area contributed by atoms with Crippen molar-refractivity contribution in [1.29, 1.82) is 0 Å². The van der Waals surface area contributed by atoms with E-state index in [1.165, 1.54) is 23.3 Å². The molecule has 29 heavy (non-hydrogen) atoms. The molecule has 1 aromatic rings. The summed E-state index contributed by atoms with van der Waals surface area (Å²) in [5.41, 5.74) is 0.699. The van der Waals surface area contributed by atoms with E-state index in [9.17, 15) is 14.4 Å². The van der Waals surface area contributed by atoms with E-state index in [1.54, 1.807) is 0 Å². The highest BCUT2D eigenvalue weighted by Crippen LogP contribution is 2.40. The van der Waals surface area contributed by atoms with E-state index in [4.69, 9.17) is 14.2 Å². The summed E-state index contributed by atoms with van der Waals surface area (Å²) in [7, 11) is 1.29. The molecule has 3 rings (SSSR count). The van der Waals surface area contributed by atoms with Gasteiger partial charge in [0.05, 0.1) is 51.2 Å². The summed E-state index contributed by atoms with van der Waals surface area (Å²) < 4.78 is 16.0. The number of rotatable bonds is 5. The molecule has 160 valence electrons. The Hall–Kier alpha value is -2.01. The van der Waals surface area contributed by atoms with Gasteiger partial charge in [0.25, 0.3) is 0 Å². The Morgan fingerprint density at radius 3 is 2.62 bits per heavy atom. The zero-order chi connectivity index (χ0) is 21.0. The molecule has 2 amide bonds. The molecule has 0 unspecified atom stereocenters. The van der Waals surface area contributed by atoms with Gasteiger partial charge in [-0.2, -0.15) is 0 Å². The summed E-state index contributed by atoms with van der Waals surface area (Å²) in [4.78, 5) is 39.1. The second kappa shape index (κ2) is 9.21. The zero-order valence-electron chi connectivity index (χ0n) is 17.0. The minimum atomic E-state index is -0.800. The molecule has 2 aliphatic rings. The minimum absolute atomic E-state index is 0.308. The number of esters is 1. The topological polar surface area (TPSA) is 107 Å². The van der Waals surface area contributed by atoms with Crippen molar-refractivity contribution in [2.45, 2.75) is 32.5 Å². The van der Waals surface area contributed by atoms with Crippen molar-refractivity contribution in [1.82, 2.24) is 5.32 Å². The van der Waals surface area contributed by atoms with Crippen molar-refractivity contribution in [2.75, 3.05) is 51.8 Å². The molecule has 1 aromatic heterocycles. The second-order valence-corrected chi connectivity index (χ2v) is 8.85. The molecule has 0 aromatic carbocycles. The zero-order valence-corrected chi connectivity index (χ0v) is 17.8. The number of methoxy groups -OCH3 is 1. The lowest BCUT2D eigenvalue weighted by Crippen LogP contribution is -3.14. The molecule has 0 aliphatic carbocycles. The number of hydrogen-bond donors (Lipinski definition) is 3. The number of thiophene rings is 1. The van der Waals surface area contributed by atoms with Crippen LogP contribution < -0.4 is 15.5 Å². The maximum absolute atomic E-state index is 12.4. The number of quaternary nitrogens is 1.